The summed E-state index contributed by atoms with van der Waals surface area (Å²) in [5.74, 6) is 0.420. The maximum atomic E-state index is 13.7. The highest BCUT2D eigenvalue weighted by atomic mass is 79.9. The summed E-state index contributed by atoms with van der Waals surface area (Å²) in [6, 6.07) is 19.8. The van der Waals surface area contributed by atoms with Crippen molar-refractivity contribution in [1.29, 1.82) is 0 Å². The first kappa shape index (κ1) is 20.5. The molecule has 3 aromatic carbocycles. The molecule has 0 fully saturated rings. The first-order chi connectivity index (χ1) is 15.5. The number of amides is 1. The van der Waals surface area contributed by atoms with Crippen molar-refractivity contribution in [3.05, 3.63) is 104 Å². The van der Waals surface area contributed by atoms with Crippen LogP contribution in [-0.4, -0.2) is 12.5 Å². The predicted octanol–water partition coefficient (Wildman–Crippen LogP) is 6.01. The monoisotopic (exact) mass is 489 g/mol. The van der Waals surface area contributed by atoms with Gasteiger partial charge in [0, 0.05) is 10.2 Å². The van der Waals surface area contributed by atoms with Crippen molar-refractivity contribution in [3.63, 3.8) is 0 Å². The first-order valence-electron chi connectivity index (χ1n) is 10.4. The van der Waals surface area contributed by atoms with E-state index in [9.17, 15) is 9.59 Å². The fraction of sp³-hybridized carbons (Fsp3) is 0.154. The molecular weight excluding hydrogens is 470 g/mol. The van der Waals surface area contributed by atoms with Crippen LogP contribution in [0.15, 0.2) is 80.4 Å². The fourth-order valence-electron chi connectivity index (χ4n) is 4.24. The number of fused-ring (bicyclic) bond motifs is 2. The van der Waals surface area contributed by atoms with Crippen LogP contribution in [0.4, 0.5) is 5.69 Å². The van der Waals surface area contributed by atoms with Crippen molar-refractivity contribution in [2.75, 3.05) is 11.5 Å². The molecule has 1 aliphatic rings. The van der Waals surface area contributed by atoms with Gasteiger partial charge in [-0.2, -0.15) is 0 Å². The maximum Gasteiger partial charge on any atom is 0.295 e. The molecule has 1 aromatic heterocycles. The van der Waals surface area contributed by atoms with Crippen LogP contribution in [0.3, 0.4) is 0 Å². The van der Waals surface area contributed by atoms with Gasteiger partial charge in [-0.3, -0.25) is 14.5 Å². The number of aryl methyl sites for hydroxylation is 1. The SMILES string of the molecule is CCOc1cccc(C2c3c(oc4ccc(C)cc4c3=O)C(=O)N2c2cccc(Br)c2)c1. The van der Waals surface area contributed by atoms with Crippen LogP contribution in [0.1, 0.15) is 40.2 Å². The Morgan fingerprint density at radius 1 is 1.03 bits per heavy atom. The van der Waals surface area contributed by atoms with E-state index in [0.717, 1.165) is 15.6 Å². The summed E-state index contributed by atoms with van der Waals surface area (Å²) < 4.78 is 12.5. The quantitative estimate of drug-likeness (QED) is 0.352. The molecule has 6 heteroatoms. The van der Waals surface area contributed by atoms with Crippen molar-refractivity contribution < 1.29 is 13.9 Å². The zero-order valence-electron chi connectivity index (χ0n) is 17.6. The van der Waals surface area contributed by atoms with E-state index in [1.54, 1.807) is 17.0 Å². The zero-order chi connectivity index (χ0) is 22.4. The minimum absolute atomic E-state index is 0.0816. The Bertz CT molecular complexity index is 1430. The van der Waals surface area contributed by atoms with Gasteiger partial charge in [0.05, 0.1) is 23.6 Å². The van der Waals surface area contributed by atoms with Crippen molar-refractivity contribution in [1.82, 2.24) is 0 Å². The molecule has 0 spiro atoms. The van der Waals surface area contributed by atoms with E-state index in [2.05, 4.69) is 15.9 Å². The second-order valence-corrected chi connectivity index (χ2v) is 8.65. The molecule has 4 aromatic rings. The highest BCUT2D eigenvalue weighted by molar-refractivity contribution is 9.10. The Balaban J connectivity index is 1.80. The second-order valence-electron chi connectivity index (χ2n) is 7.74. The molecule has 1 amide bonds. The Hall–Kier alpha value is -3.38. The van der Waals surface area contributed by atoms with Gasteiger partial charge in [-0.1, -0.05) is 45.8 Å². The fourth-order valence-corrected chi connectivity index (χ4v) is 4.62. The van der Waals surface area contributed by atoms with Crippen LogP contribution in [0.2, 0.25) is 0 Å². The highest BCUT2D eigenvalue weighted by Gasteiger charge is 2.43. The number of rotatable bonds is 4. The number of carbonyl (C=O) groups is 1. The molecule has 2 heterocycles. The highest BCUT2D eigenvalue weighted by Crippen LogP contribution is 2.42. The van der Waals surface area contributed by atoms with E-state index < -0.39 is 6.04 Å². The lowest BCUT2D eigenvalue weighted by atomic mass is 9.97. The van der Waals surface area contributed by atoms with Crippen LogP contribution >= 0.6 is 15.9 Å². The average Bonchev–Trinajstić information content (AvgIpc) is 3.07. The van der Waals surface area contributed by atoms with Crippen LogP contribution in [0.5, 0.6) is 5.75 Å². The number of hydrogen-bond acceptors (Lipinski definition) is 4. The third-order valence-electron chi connectivity index (χ3n) is 5.60. The number of anilines is 1. The van der Waals surface area contributed by atoms with E-state index >= 15 is 0 Å². The molecule has 0 saturated heterocycles. The van der Waals surface area contributed by atoms with Gasteiger partial charge in [-0.15, -0.1) is 0 Å². The molecule has 32 heavy (non-hydrogen) atoms. The smallest absolute Gasteiger partial charge is 0.295 e. The van der Waals surface area contributed by atoms with E-state index in [4.69, 9.17) is 9.15 Å². The standard InChI is InChI=1S/C26H20BrNO4/c1-3-31-19-9-4-6-16(13-19)23-22-24(29)20-12-15(2)10-11-21(20)32-25(22)26(30)28(23)18-8-5-7-17(27)14-18/h4-14,23H,3H2,1-2H3. The van der Waals surface area contributed by atoms with Gasteiger partial charge < -0.3 is 9.15 Å². The predicted molar refractivity (Wildman–Crippen MR) is 128 cm³/mol. The lowest BCUT2D eigenvalue weighted by Gasteiger charge is -2.25. The third-order valence-corrected chi connectivity index (χ3v) is 6.09. The lowest BCUT2D eigenvalue weighted by molar-refractivity contribution is 0.0971. The van der Waals surface area contributed by atoms with Crippen LogP contribution in [0, 0.1) is 6.92 Å². The summed E-state index contributed by atoms with van der Waals surface area (Å²) in [5, 5.41) is 0.471. The molecule has 0 saturated carbocycles. The van der Waals surface area contributed by atoms with Crippen molar-refractivity contribution in [2.24, 2.45) is 0 Å². The second kappa shape index (κ2) is 7.95. The molecule has 5 rings (SSSR count). The topological polar surface area (TPSA) is 59.8 Å². The number of carbonyl (C=O) groups excluding carboxylic acids is 1. The van der Waals surface area contributed by atoms with Crippen molar-refractivity contribution in [3.8, 4) is 5.75 Å². The minimum atomic E-state index is -0.631. The van der Waals surface area contributed by atoms with Crippen molar-refractivity contribution >= 4 is 38.5 Å². The van der Waals surface area contributed by atoms with E-state index in [1.165, 1.54) is 0 Å². The number of nitrogens with zero attached hydrogens (tertiary/aromatic N) is 1. The average molecular weight is 490 g/mol. The molecule has 0 N–H and O–H groups in total. The molecule has 160 valence electrons. The van der Waals surface area contributed by atoms with Gasteiger partial charge in [-0.25, -0.2) is 0 Å². The molecule has 1 aliphatic heterocycles. The van der Waals surface area contributed by atoms with Crippen LogP contribution < -0.4 is 15.1 Å². The Morgan fingerprint density at radius 2 is 1.84 bits per heavy atom. The van der Waals surface area contributed by atoms with Gasteiger partial charge in [0.2, 0.25) is 5.76 Å². The maximum absolute atomic E-state index is 13.7. The molecule has 0 aliphatic carbocycles. The summed E-state index contributed by atoms with van der Waals surface area (Å²) >= 11 is 3.49. The van der Waals surface area contributed by atoms with Crippen LogP contribution in [-0.2, 0) is 0 Å². The molecule has 1 atom stereocenters. The Labute approximate surface area is 193 Å². The summed E-state index contributed by atoms with van der Waals surface area (Å²) in [5.41, 5.74) is 2.97. The minimum Gasteiger partial charge on any atom is -0.494 e. The Kier molecular flexibility index (Phi) is 5.10. The molecule has 1 unspecified atom stereocenters. The van der Waals surface area contributed by atoms with Crippen LogP contribution in [0.25, 0.3) is 11.0 Å². The molecule has 0 radical (unpaired) electrons. The summed E-state index contributed by atoms with van der Waals surface area (Å²) in [7, 11) is 0. The number of hydrogen-bond donors (Lipinski definition) is 0. The summed E-state index contributed by atoms with van der Waals surface area (Å²) in [6.07, 6.45) is 0. The van der Waals surface area contributed by atoms with E-state index in [1.807, 2.05) is 68.4 Å². The summed E-state index contributed by atoms with van der Waals surface area (Å²) in [4.78, 5) is 28.9. The normalized spacial score (nSPS) is 15.3. The van der Waals surface area contributed by atoms with Gasteiger partial charge in [0.25, 0.3) is 5.91 Å². The largest absolute Gasteiger partial charge is 0.494 e. The number of benzene rings is 3. The molecule has 0 bridgehead atoms. The lowest BCUT2D eigenvalue weighted by Crippen LogP contribution is -2.29. The molecule has 5 nitrogen and oxygen atoms in total. The van der Waals surface area contributed by atoms with Gasteiger partial charge in [0.1, 0.15) is 11.3 Å². The van der Waals surface area contributed by atoms with Gasteiger partial charge in [-0.05, 0) is 61.9 Å². The number of ether oxygens (including phenoxy) is 1. The van der Waals surface area contributed by atoms with Gasteiger partial charge in [0.15, 0.2) is 5.43 Å². The van der Waals surface area contributed by atoms with Crippen molar-refractivity contribution in [2.45, 2.75) is 19.9 Å². The van der Waals surface area contributed by atoms with E-state index in [0.29, 0.717) is 34.6 Å². The summed E-state index contributed by atoms with van der Waals surface area (Å²) in [6.45, 7) is 4.36. The van der Waals surface area contributed by atoms with E-state index in [-0.39, 0.29) is 17.1 Å². The van der Waals surface area contributed by atoms with Gasteiger partial charge >= 0.3 is 0 Å². The zero-order valence-corrected chi connectivity index (χ0v) is 19.2. The number of halogens is 1. The third kappa shape index (κ3) is 3.31. The molecular formula is C26H20BrNO4. The first-order valence-corrected chi connectivity index (χ1v) is 11.2. The Morgan fingerprint density at radius 3 is 2.62 bits per heavy atom.